The van der Waals surface area contributed by atoms with E-state index in [1.165, 1.54) is 60.8 Å². The average molecular weight is 343 g/mol. The molecule has 0 saturated carbocycles. The lowest BCUT2D eigenvalue weighted by Crippen LogP contribution is -1.88. The Labute approximate surface area is 158 Å². The number of hydrogen-bond acceptors (Lipinski definition) is 0. The van der Waals surface area contributed by atoms with Crippen molar-refractivity contribution in [3.05, 3.63) is 58.7 Å². The standard InChI is InChI=1S/C25H42/c1-21(2)13-10-17-23(5)15-8-9-16-24(6)19-12-20-25(7)18-11-14-22(3)4/h9,13-16,20,24H,8,10-12,17-19H2,1-7H3/b16-9+,23-15?,25-20?. The zero-order valence-corrected chi connectivity index (χ0v) is 18.0. The summed E-state index contributed by atoms with van der Waals surface area (Å²) in [5.41, 5.74) is 5.88. The van der Waals surface area contributed by atoms with Crippen molar-refractivity contribution in [2.45, 2.75) is 93.4 Å². The van der Waals surface area contributed by atoms with Crippen LogP contribution in [0.1, 0.15) is 93.4 Å². The first-order chi connectivity index (χ1) is 11.8. The summed E-state index contributed by atoms with van der Waals surface area (Å²) in [4.78, 5) is 0. The molecule has 0 aliphatic rings. The van der Waals surface area contributed by atoms with Gasteiger partial charge in [0.2, 0.25) is 0 Å². The summed E-state index contributed by atoms with van der Waals surface area (Å²) in [7, 11) is 0. The van der Waals surface area contributed by atoms with Crippen molar-refractivity contribution in [3.63, 3.8) is 0 Å². The third-order valence-electron chi connectivity index (χ3n) is 4.36. The van der Waals surface area contributed by atoms with Crippen molar-refractivity contribution in [2.24, 2.45) is 5.92 Å². The summed E-state index contributed by atoms with van der Waals surface area (Å²) in [6, 6.07) is 0. The Morgan fingerprint density at radius 3 is 1.72 bits per heavy atom. The van der Waals surface area contributed by atoms with Crippen molar-refractivity contribution >= 4 is 0 Å². The van der Waals surface area contributed by atoms with E-state index >= 15 is 0 Å². The summed E-state index contributed by atoms with van der Waals surface area (Å²) in [5.74, 6) is 0.668. The van der Waals surface area contributed by atoms with E-state index in [-0.39, 0.29) is 0 Å². The maximum absolute atomic E-state index is 2.43. The molecular weight excluding hydrogens is 300 g/mol. The Balaban J connectivity index is 3.97. The second-order valence-electron chi connectivity index (χ2n) is 7.96. The third-order valence-corrected chi connectivity index (χ3v) is 4.36. The Kier molecular flexibility index (Phi) is 14.2. The van der Waals surface area contributed by atoms with Crippen LogP contribution in [0, 0.1) is 5.92 Å². The van der Waals surface area contributed by atoms with E-state index in [1.54, 1.807) is 0 Å². The van der Waals surface area contributed by atoms with E-state index in [0.29, 0.717) is 5.92 Å². The highest BCUT2D eigenvalue weighted by Crippen LogP contribution is 2.13. The topological polar surface area (TPSA) is 0 Å². The second-order valence-corrected chi connectivity index (χ2v) is 7.96. The molecule has 0 aliphatic carbocycles. The molecule has 0 aromatic heterocycles. The molecule has 0 saturated heterocycles. The molecule has 0 bridgehead atoms. The fourth-order valence-corrected chi connectivity index (χ4v) is 2.65. The van der Waals surface area contributed by atoms with Gasteiger partial charge in [-0.05, 0) is 92.4 Å². The molecule has 0 amide bonds. The fourth-order valence-electron chi connectivity index (χ4n) is 2.65. The number of rotatable bonds is 12. The lowest BCUT2D eigenvalue weighted by Gasteiger charge is -2.04. The highest BCUT2D eigenvalue weighted by atomic mass is 14.0. The van der Waals surface area contributed by atoms with Gasteiger partial charge in [0, 0.05) is 0 Å². The van der Waals surface area contributed by atoms with Gasteiger partial charge in [0.05, 0.1) is 0 Å². The van der Waals surface area contributed by atoms with Gasteiger partial charge in [-0.15, -0.1) is 0 Å². The fraction of sp³-hybridized carbons (Fsp3) is 0.600. The van der Waals surface area contributed by atoms with Gasteiger partial charge >= 0.3 is 0 Å². The van der Waals surface area contributed by atoms with Gasteiger partial charge in [-0.3, -0.25) is 0 Å². The SMILES string of the molecule is CC(C)=CCCC(C)=CC/C=C/C(C)CCC=C(C)CCC=C(C)C. The van der Waals surface area contributed by atoms with Gasteiger partial charge in [0.1, 0.15) is 0 Å². The normalized spacial score (nSPS) is 13.9. The second kappa shape index (κ2) is 15.0. The van der Waals surface area contributed by atoms with Crippen LogP contribution in [0.3, 0.4) is 0 Å². The van der Waals surface area contributed by atoms with Crippen LogP contribution in [-0.2, 0) is 0 Å². The third kappa shape index (κ3) is 17.3. The largest absolute Gasteiger partial charge is 0.0856 e. The lowest BCUT2D eigenvalue weighted by molar-refractivity contribution is 0.653. The maximum Gasteiger partial charge on any atom is -0.0166 e. The average Bonchev–Trinajstić information content (AvgIpc) is 2.51. The van der Waals surface area contributed by atoms with Crippen LogP contribution in [0.15, 0.2) is 58.7 Å². The zero-order chi connectivity index (χ0) is 19.1. The van der Waals surface area contributed by atoms with Gasteiger partial charge < -0.3 is 0 Å². The first kappa shape index (κ1) is 23.7. The Morgan fingerprint density at radius 1 is 0.680 bits per heavy atom. The molecule has 0 N–H and O–H groups in total. The van der Waals surface area contributed by atoms with Crippen molar-refractivity contribution < 1.29 is 0 Å². The first-order valence-electron chi connectivity index (χ1n) is 10.1. The molecule has 1 atom stereocenters. The van der Waals surface area contributed by atoms with Gasteiger partial charge in [0.25, 0.3) is 0 Å². The van der Waals surface area contributed by atoms with Crippen LogP contribution in [0.2, 0.25) is 0 Å². The molecule has 0 rings (SSSR count). The van der Waals surface area contributed by atoms with Crippen LogP contribution in [0.5, 0.6) is 0 Å². The molecule has 0 heteroatoms. The summed E-state index contributed by atoms with van der Waals surface area (Å²) >= 11 is 0. The summed E-state index contributed by atoms with van der Waals surface area (Å²) in [5, 5.41) is 0. The number of allylic oxidation sites excluding steroid dienone is 10. The highest BCUT2D eigenvalue weighted by Gasteiger charge is 1.96. The van der Waals surface area contributed by atoms with E-state index in [9.17, 15) is 0 Å². The smallest absolute Gasteiger partial charge is 0.0166 e. The van der Waals surface area contributed by atoms with Gasteiger partial charge in [-0.2, -0.15) is 0 Å². The Bertz CT molecular complexity index is 486. The first-order valence-corrected chi connectivity index (χ1v) is 10.1. The monoisotopic (exact) mass is 342 g/mol. The van der Waals surface area contributed by atoms with Crippen LogP contribution in [-0.4, -0.2) is 0 Å². The zero-order valence-electron chi connectivity index (χ0n) is 18.0. The van der Waals surface area contributed by atoms with Gasteiger partial charge in [0.15, 0.2) is 0 Å². The molecule has 1 unspecified atom stereocenters. The molecule has 0 aromatic rings. The van der Waals surface area contributed by atoms with Gasteiger partial charge in [-0.1, -0.05) is 65.7 Å². The van der Waals surface area contributed by atoms with E-state index in [1.807, 2.05) is 0 Å². The Hall–Kier alpha value is -1.30. The van der Waals surface area contributed by atoms with Crippen molar-refractivity contribution in [2.75, 3.05) is 0 Å². The Morgan fingerprint density at radius 2 is 1.20 bits per heavy atom. The van der Waals surface area contributed by atoms with Crippen molar-refractivity contribution in [1.82, 2.24) is 0 Å². The lowest BCUT2D eigenvalue weighted by atomic mass is 10.0. The molecular formula is C25H42. The van der Waals surface area contributed by atoms with E-state index < -0.39 is 0 Å². The van der Waals surface area contributed by atoms with E-state index in [0.717, 1.165) is 6.42 Å². The minimum absolute atomic E-state index is 0.668. The van der Waals surface area contributed by atoms with Crippen molar-refractivity contribution in [3.8, 4) is 0 Å². The number of hydrogen-bond donors (Lipinski definition) is 0. The van der Waals surface area contributed by atoms with Crippen molar-refractivity contribution in [1.29, 1.82) is 0 Å². The molecule has 0 nitrogen and oxygen atoms in total. The minimum Gasteiger partial charge on any atom is -0.0856 e. The molecule has 0 radical (unpaired) electrons. The van der Waals surface area contributed by atoms with Crippen LogP contribution in [0.4, 0.5) is 0 Å². The summed E-state index contributed by atoms with van der Waals surface area (Å²) in [6.45, 7) is 15.5. The minimum atomic E-state index is 0.668. The van der Waals surface area contributed by atoms with Gasteiger partial charge in [-0.25, -0.2) is 0 Å². The maximum atomic E-state index is 2.43. The quantitative estimate of drug-likeness (QED) is 0.311. The molecule has 25 heavy (non-hydrogen) atoms. The predicted molar refractivity (Wildman–Crippen MR) is 117 cm³/mol. The molecule has 0 fully saturated rings. The van der Waals surface area contributed by atoms with E-state index in [2.05, 4.69) is 84.9 Å². The molecule has 0 aliphatic heterocycles. The summed E-state index contributed by atoms with van der Waals surface area (Å²) < 4.78 is 0. The van der Waals surface area contributed by atoms with E-state index in [4.69, 9.17) is 0 Å². The summed E-state index contributed by atoms with van der Waals surface area (Å²) in [6.07, 6.45) is 22.4. The van der Waals surface area contributed by atoms with Crippen LogP contribution in [0.25, 0.3) is 0 Å². The molecule has 0 aromatic carbocycles. The van der Waals surface area contributed by atoms with Crippen LogP contribution >= 0.6 is 0 Å². The molecule has 142 valence electrons. The predicted octanol–water partition coefficient (Wildman–Crippen LogP) is 8.73. The highest BCUT2D eigenvalue weighted by molar-refractivity contribution is 5.06. The molecule has 0 spiro atoms. The molecule has 0 heterocycles. The van der Waals surface area contributed by atoms with Crippen LogP contribution < -0.4 is 0 Å².